The Morgan fingerprint density at radius 3 is 2.66 bits per heavy atom. The first-order valence-electron chi connectivity index (χ1n) is 11.1. The molecule has 2 fully saturated rings. The number of amides is 1. The number of benzene rings is 1. The van der Waals surface area contributed by atoms with E-state index in [2.05, 4.69) is 47.9 Å². The van der Waals surface area contributed by atoms with Crippen molar-refractivity contribution >= 4 is 17.2 Å². The Hall–Kier alpha value is -1.72. The van der Waals surface area contributed by atoms with E-state index in [1.807, 2.05) is 5.38 Å². The first-order chi connectivity index (χ1) is 14.1. The number of aryl methyl sites for hydroxylation is 1. The van der Waals surface area contributed by atoms with Crippen LogP contribution in [0.1, 0.15) is 43.9 Å². The number of likely N-dealkylation sites (tertiary alicyclic amines) is 2. The third-order valence-corrected chi connectivity index (χ3v) is 7.39. The fourth-order valence-corrected chi connectivity index (χ4v) is 5.36. The molecule has 156 valence electrons. The summed E-state index contributed by atoms with van der Waals surface area (Å²) in [5, 5.41) is 3.05. The Morgan fingerprint density at radius 1 is 1.14 bits per heavy atom. The van der Waals surface area contributed by atoms with Crippen LogP contribution in [-0.2, 0) is 11.2 Å². The zero-order chi connectivity index (χ0) is 20.2. The van der Waals surface area contributed by atoms with Crippen LogP contribution >= 0.6 is 11.3 Å². The molecule has 4 nitrogen and oxygen atoms in total. The summed E-state index contributed by atoms with van der Waals surface area (Å²) in [6.07, 6.45) is 5.46. The lowest BCUT2D eigenvalue weighted by molar-refractivity contribution is -0.132. The van der Waals surface area contributed by atoms with Crippen LogP contribution in [0.4, 0.5) is 0 Å². The van der Waals surface area contributed by atoms with E-state index in [0.29, 0.717) is 12.3 Å². The second kappa shape index (κ2) is 9.40. The van der Waals surface area contributed by atoms with Gasteiger partial charge in [-0.2, -0.15) is 0 Å². The Labute approximate surface area is 178 Å². The van der Waals surface area contributed by atoms with Gasteiger partial charge in [0.2, 0.25) is 5.91 Å². The van der Waals surface area contributed by atoms with E-state index in [9.17, 15) is 4.79 Å². The molecule has 0 bridgehead atoms. The van der Waals surface area contributed by atoms with Crippen molar-refractivity contribution in [2.75, 3.05) is 32.7 Å². The Kier molecular flexibility index (Phi) is 6.66. The number of piperidine rings is 2. The molecular formula is C24H33N3OS. The third-order valence-electron chi connectivity index (χ3n) is 6.45. The number of nitrogens with zero attached hydrogens (tertiary/aromatic N) is 3. The quantitative estimate of drug-likeness (QED) is 0.720. The molecule has 5 heteroatoms. The minimum absolute atomic E-state index is 0.239. The van der Waals surface area contributed by atoms with Crippen molar-refractivity contribution in [2.24, 2.45) is 11.8 Å². The lowest BCUT2D eigenvalue weighted by Gasteiger charge is -2.37. The molecular weight excluding hydrogens is 378 g/mol. The van der Waals surface area contributed by atoms with Gasteiger partial charge in [-0.3, -0.25) is 4.79 Å². The maximum absolute atomic E-state index is 12.9. The van der Waals surface area contributed by atoms with Crippen LogP contribution in [0.25, 0.3) is 10.6 Å². The molecule has 0 radical (unpaired) electrons. The summed E-state index contributed by atoms with van der Waals surface area (Å²) in [7, 11) is 0. The predicted molar refractivity (Wildman–Crippen MR) is 120 cm³/mol. The second-order valence-electron chi connectivity index (χ2n) is 9.02. The molecule has 1 aromatic carbocycles. The average molecular weight is 412 g/mol. The van der Waals surface area contributed by atoms with Crippen LogP contribution in [-0.4, -0.2) is 53.4 Å². The smallest absolute Gasteiger partial charge is 0.228 e. The van der Waals surface area contributed by atoms with Crippen LogP contribution in [0.15, 0.2) is 29.6 Å². The maximum Gasteiger partial charge on any atom is 0.228 e. The minimum Gasteiger partial charge on any atom is -0.342 e. The normalized spacial score (nSPS) is 21.4. The molecule has 0 N–H and O–H groups in total. The van der Waals surface area contributed by atoms with E-state index in [0.717, 1.165) is 48.2 Å². The van der Waals surface area contributed by atoms with Crippen molar-refractivity contribution in [2.45, 2.75) is 46.0 Å². The van der Waals surface area contributed by atoms with Gasteiger partial charge in [0.25, 0.3) is 0 Å². The van der Waals surface area contributed by atoms with E-state index in [4.69, 9.17) is 4.98 Å². The van der Waals surface area contributed by atoms with E-state index in [-0.39, 0.29) is 5.91 Å². The SMILES string of the molecule is Cc1ccc(-c2nc(CC(=O)N3CCCC(CN4CCC(C)CC4)C3)cs2)cc1. The molecule has 0 aliphatic carbocycles. The summed E-state index contributed by atoms with van der Waals surface area (Å²) >= 11 is 1.63. The van der Waals surface area contributed by atoms with Gasteiger partial charge in [0.1, 0.15) is 5.01 Å². The van der Waals surface area contributed by atoms with Gasteiger partial charge >= 0.3 is 0 Å². The zero-order valence-electron chi connectivity index (χ0n) is 17.8. The topological polar surface area (TPSA) is 36.4 Å². The summed E-state index contributed by atoms with van der Waals surface area (Å²) in [6, 6.07) is 8.43. The van der Waals surface area contributed by atoms with Gasteiger partial charge < -0.3 is 9.80 Å². The Bertz CT molecular complexity index is 808. The first-order valence-corrected chi connectivity index (χ1v) is 12.0. The van der Waals surface area contributed by atoms with Crippen LogP contribution in [0.3, 0.4) is 0 Å². The van der Waals surface area contributed by atoms with Gasteiger partial charge in [-0.15, -0.1) is 11.3 Å². The van der Waals surface area contributed by atoms with Gasteiger partial charge in [0.15, 0.2) is 0 Å². The van der Waals surface area contributed by atoms with Gasteiger partial charge in [-0.05, 0) is 57.5 Å². The molecule has 1 atom stereocenters. The second-order valence-corrected chi connectivity index (χ2v) is 9.88. The van der Waals surface area contributed by atoms with E-state index < -0.39 is 0 Å². The van der Waals surface area contributed by atoms with Crippen molar-refractivity contribution in [3.8, 4) is 10.6 Å². The standard InChI is InChI=1S/C24H33N3OS/c1-18-5-7-21(8-6-18)24-25-22(17-29-24)14-23(28)27-11-3-4-20(16-27)15-26-12-9-19(2)10-13-26/h5-8,17,19-20H,3-4,9-16H2,1-2H3. The number of thiazole rings is 1. The van der Waals surface area contributed by atoms with E-state index >= 15 is 0 Å². The highest BCUT2D eigenvalue weighted by molar-refractivity contribution is 7.13. The van der Waals surface area contributed by atoms with Crippen LogP contribution in [0.2, 0.25) is 0 Å². The number of carbonyl (C=O) groups is 1. The average Bonchev–Trinajstić information content (AvgIpc) is 3.19. The largest absolute Gasteiger partial charge is 0.342 e. The first kappa shape index (κ1) is 20.5. The number of hydrogen-bond acceptors (Lipinski definition) is 4. The van der Waals surface area contributed by atoms with Crippen molar-refractivity contribution < 1.29 is 4.79 Å². The van der Waals surface area contributed by atoms with Gasteiger partial charge in [-0.1, -0.05) is 36.8 Å². The summed E-state index contributed by atoms with van der Waals surface area (Å²) < 4.78 is 0. The number of hydrogen-bond donors (Lipinski definition) is 0. The van der Waals surface area contributed by atoms with Crippen molar-refractivity contribution in [1.82, 2.24) is 14.8 Å². The summed E-state index contributed by atoms with van der Waals surface area (Å²) in [4.78, 5) is 22.4. The fourth-order valence-electron chi connectivity index (χ4n) is 4.53. The fraction of sp³-hybridized carbons (Fsp3) is 0.583. The van der Waals surface area contributed by atoms with Crippen molar-refractivity contribution in [3.63, 3.8) is 0 Å². The molecule has 1 amide bonds. The lowest BCUT2D eigenvalue weighted by atomic mass is 9.94. The summed E-state index contributed by atoms with van der Waals surface area (Å²) in [5.41, 5.74) is 3.29. The molecule has 3 heterocycles. The van der Waals surface area contributed by atoms with Gasteiger partial charge in [0, 0.05) is 30.6 Å². The van der Waals surface area contributed by atoms with Crippen LogP contribution in [0, 0.1) is 18.8 Å². The van der Waals surface area contributed by atoms with Crippen molar-refractivity contribution in [1.29, 1.82) is 0 Å². The highest BCUT2D eigenvalue weighted by Crippen LogP contribution is 2.25. The molecule has 0 saturated carbocycles. The van der Waals surface area contributed by atoms with Gasteiger partial charge in [0.05, 0.1) is 12.1 Å². The molecule has 2 aliphatic rings. The van der Waals surface area contributed by atoms with Crippen LogP contribution in [0.5, 0.6) is 0 Å². The molecule has 1 unspecified atom stereocenters. The highest BCUT2D eigenvalue weighted by Gasteiger charge is 2.26. The monoisotopic (exact) mass is 411 g/mol. The van der Waals surface area contributed by atoms with Gasteiger partial charge in [-0.25, -0.2) is 4.98 Å². The van der Waals surface area contributed by atoms with E-state index in [1.165, 1.54) is 37.9 Å². The van der Waals surface area contributed by atoms with Crippen molar-refractivity contribution in [3.05, 3.63) is 40.9 Å². The number of aromatic nitrogens is 1. The van der Waals surface area contributed by atoms with Crippen LogP contribution < -0.4 is 0 Å². The molecule has 1 aromatic heterocycles. The molecule has 4 rings (SSSR count). The lowest BCUT2D eigenvalue weighted by Crippen LogP contribution is -2.45. The molecule has 29 heavy (non-hydrogen) atoms. The number of carbonyl (C=O) groups excluding carboxylic acids is 1. The molecule has 2 aromatic rings. The molecule has 0 spiro atoms. The molecule has 2 aliphatic heterocycles. The highest BCUT2D eigenvalue weighted by atomic mass is 32.1. The maximum atomic E-state index is 12.9. The zero-order valence-corrected chi connectivity index (χ0v) is 18.6. The Balaban J connectivity index is 1.30. The number of rotatable bonds is 5. The van der Waals surface area contributed by atoms with E-state index in [1.54, 1.807) is 11.3 Å². The minimum atomic E-state index is 0.239. The summed E-state index contributed by atoms with van der Waals surface area (Å²) in [6.45, 7) is 9.89. The predicted octanol–water partition coefficient (Wildman–Crippen LogP) is 4.63. The summed E-state index contributed by atoms with van der Waals surface area (Å²) in [5.74, 6) is 1.74. The molecule has 2 saturated heterocycles. The third kappa shape index (κ3) is 5.46. The Morgan fingerprint density at radius 2 is 1.90 bits per heavy atom.